The van der Waals surface area contributed by atoms with Gasteiger partial charge < -0.3 is 25.2 Å². The quantitative estimate of drug-likeness (QED) is 0.265. The molecule has 0 aromatic carbocycles. The summed E-state index contributed by atoms with van der Waals surface area (Å²) in [6, 6.07) is 0. The second-order valence-electron chi connectivity index (χ2n) is 5.78. The Bertz CT molecular complexity index is 451. The molecule has 0 spiro atoms. The number of hydrogen-bond acceptors (Lipinski definition) is 6. The van der Waals surface area contributed by atoms with Gasteiger partial charge in [-0.3, -0.25) is 14.5 Å². The van der Waals surface area contributed by atoms with Gasteiger partial charge in [0.15, 0.2) is 0 Å². The third kappa shape index (κ3) is 10.8. The summed E-state index contributed by atoms with van der Waals surface area (Å²) in [5.41, 5.74) is 0. The Morgan fingerprint density at radius 3 is 2.15 bits per heavy atom. The van der Waals surface area contributed by atoms with Crippen LogP contribution in [0.5, 0.6) is 0 Å². The lowest BCUT2D eigenvalue weighted by atomic mass is 10.2. The maximum Gasteiger partial charge on any atom is 0.404 e. The first-order valence-electron chi connectivity index (χ1n) is 8.98. The summed E-state index contributed by atoms with van der Waals surface area (Å²) in [5.74, 6) is -0.419. The van der Waals surface area contributed by atoms with Gasteiger partial charge in [-0.25, -0.2) is 4.79 Å². The maximum atomic E-state index is 11.4. The first-order chi connectivity index (χ1) is 12.6. The van der Waals surface area contributed by atoms with Crippen molar-refractivity contribution in [3.8, 4) is 0 Å². The van der Waals surface area contributed by atoms with Crippen molar-refractivity contribution >= 4 is 17.9 Å². The third-order valence-corrected chi connectivity index (χ3v) is 3.70. The van der Waals surface area contributed by atoms with Gasteiger partial charge in [-0.15, -0.1) is 0 Å². The summed E-state index contributed by atoms with van der Waals surface area (Å²) in [6.45, 7) is 4.31. The number of amides is 3. The topological polar surface area (TPSA) is 117 Å². The van der Waals surface area contributed by atoms with Crippen molar-refractivity contribution in [3.05, 3.63) is 12.2 Å². The van der Waals surface area contributed by atoms with Crippen molar-refractivity contribution in [1.29, 1.82) is 0 Å². The fraction of sp³-hybridized carbons (Fsp3) is 0.706. The Kier molecular flexibility index (Phi) is 12.1. The largest absolute Gasteiger partial charge is 0.465 e. The van der Waals surface area contributed by atoms with E-state index >= 15 is 0 Å². The van der Waals surface area contributed by atoms with Crippen LogP contribution in [0.1, 0.15) is 25.7 Å². The number of carbonyl (C=O) groups is 3. The molecule has 1 rings (SSSR count). The van der Waals surface area contributed by atoms with E-state index in [1.165, 1.54) is 17.1 Å². The SMILES string of the molecule is O=C(O)NCCOCCOCCNCCCCCCN1C(=O)C=CC1=O. The fourth-order valence-corrected chi connectivity index (χ4v) is 2.35. The second-order valence-corrected chi connectivity index (χ2v) is 5.78. The van der Waals surface area contributed by atoms with Gasteiger partial charge in [0.2, 0.25) is 0 Å². The average molecular weight is 371 g/mol. The van der Waals surface area contributed by atoms with Crippen LogP contribution >= 0.6 is 0 Å². The third-order valence-electron chi connectivity index (χ3n) is 3.70. The zero-order valence-corrected chi connectivity index (χ0v) is 15.1. The molecule has 3 amide bonds. The van der Waals surface area contributed by atoms with E-state index in [1.807, 2.05) is 0 Å². The van der Waals surface area contributed by atoms with Crippen LogP contribution in [-0.2, 0) is 19.1 Å². The smallest absolute Gasteiger partial charge is 0.404 e. The minimum absolute atomic E-state index is 0.209. The summed E-state index contributed by atoms with van der Waals surface area (Å²) in [4.78, 5) is 34.2. The van der Waals surface area contributed by atoms with Crippen LogP contribution in [0.4, 0.5) is 4.79 Å². The molecule has 1 aliphatic heterocycles. The first-order valence-corrected chi connectivity index (χ1v) is 8.98. The molecule has 0 atom stereocenters. The van der Waals surface area contributed by atoms with Crippen LogP contribution in [0, 0.1) is 0 Å². The summed E-state index contributed by atoms with van der Waals surface area (Å²) < 4.78 is 10.6. The number of ether oxygens (including phenoxy) is 2. The Labute approximate surface area is 153 Å². The predicted molar refractivity (Wildman–Crippen MR) is 94.9 cm³/mol. The van der Waals surface area contributed by atoms with Gasteiger partial charge in [0, 0.05) is 31.8 Å². The van der Waals surface area contributed by atoms with E-state index in [2.05, 4.69) is 10.6 Å². The predicted octanol–water partition coefficient (Wildman–Crippen LogP) is 0.362. The lowest BCUT2D eigenvalue weighted by molar-refractivity contribution is -0.136. The number of hydrogen-bond donors (Lipinski definition) is 3. The molecule has 9 heteroatoms. The maximum absolute atomic E-state index is 11.4. The van der Waals surface area contributed by atoms with Crippen molar-refractivity contribution in [2.45, 2.75) is 25.7 Å². The van der Waals surface area contributed by atoms with Crippen molar-refractivity contribution in [3.63, 3.8) is 0 Å². The zero-order chi connectivity index (χ0) is 19.0. The van der Waals surface area contributed by atoms with Crippen LogP contribution < -0.4 is 10.6 Å². The van der Waals surface area contributed by atoms with Gasteiger partial charge in [-0.05, 0) is 19.4 Å². The van der Waals surface area contributed by atoms with E-state index in [0.717, 1.165) is 38.8 Å². The van der Waals surface area contributed by atoms with Gasteiger partial charge in [0.25, 0.3) is 11.8 Å². The van der Waals surface area contributed by atoms with Gasteiger partial charge >= 0.3 is 6.09 Å². The number of unbranched alkanes of at least 4 members (excludes halogenated alkanes) is 3. The standard InChI is InChI=1S/C17H29N3O6/c21-15-5-6-16(22)20(15)10-4-2-1-3-7-18-8-11-25-13-14-26-12-9-19-17(23)24/h5-6,18-19H,1-4,7-14H2,(H,23,24). The lowest BCUT2D eigenvalue weighted by Gasteiger charge is -2.13. The molecule has 0 saturated heterocycles. The van der Waals surface area contributed by atoms with Crippen molar-refractivity contribution < 1.29 is 29.0 Å². The fourth-order valence-electron chi connectivity index (χ4n) is 2.35. The second kappa shape index (κ2) is 14.2. The summed E-state index contributed by atoms with van der Waals surface area (Å²) in [7, 11) is 0. The minimum Gasteiger partial charge on any atom is -0.465 e. The highest BCUT2D eigenvalue weighted by Crippen LogP contribution is 2.07. The Morgan fingerprint density at radius 1 is 0.885 bits per heavy atom. The number of rotatable bonds is 16. The molecule has 0 bridgehead atoms. The number of carboxylic acid groups (broad SMARTS) is 1. The highest BCUT2D eigenvalue weighted by Gasteiger charge is 2.21. The summed E-state index contributed by atoms with van der Waals surface area (Å²) in [6.07, 6.45) is 5.50. The van der Waals surface area contributed by atoms with Gasteiger partial charge in [-0.2, -0.15) is 0 Å². The van der Waals surface area contributed by atoms with E-state index in [9.17, 15) is 14.4 Å². The number of nitrogens with zero attached hydrogens (tertiary/aromatic N) is 1. The van der Waals surface area contributed by atoms with Gasteiger partial charge in [0.05, 0.1) is 26.4 Å². The molecule has 0 saturated carbocycles. The molecular formula is C17H29N3O6. The van der Waals surface area contributed by atoms with E-state index < -0.39 is 6.09 Å². The molecule has 1 heterocycles. The molecule has 26 heavy (non-hydrogen) atoms. The van der Waals surface area contributed by atoms with Crippen LogP contribution in [0.15, 0.2) is 12.2 Å². The molecule has 0 radical (unpaired) electrons. The average Bonchev–Trinajstić information content (AvgIpc) is 2.92. The van der Waals surface area contributed by atoms with Crippen molar-refractivity contribution in [2.75, 3.05) is 52.6 Å². The lowest BCUT2D eigenvalue weighted by Crippen LogP contribution is -2.30. The highest BCUT2D eigenvalue weighted by atomic mass is 16.5. The molecule has 0 fully saturated rings. The van der Waals surface area contributed by atoms with E-state index in [4.69, 9.17) is 14.6 Å². The molecule has 0 aromatic rings. The first kappa shape index (κ1) is 22.1. The Balaban J connectivity index is 1.74. The van der Waals surface area contributed by atoms with E-state index in [-0.39, 0.29) is 18.4 Å². The van der Waals surface area contributed by atoms with Crippen molar-refractivity contribution in [2.24, 2.45) is 0 Å². The molecule has 148 valence electrons. The van der Waals surface area contributed by atoms with Crippen LogP contribution in [0.3, 0.4) is 0 Å². The molecule has 1 aliphatic rings. The number of nitrogens with one attached hydrogen (secondary N) is 2. The summed E-state index contributed by atoms with van der Waals surface area (Å²) in [5, 5.41) is 13.9. The highest BCUT2D eigenvalue weighted by molar-refractivity contribution is 6.12. The zero-order valence-electron chi connectivity index (χ0n) is 15.1. The molecule has 0 aromatic heterocycles. The molecule has 0 unspecified atom stereocenters. The van der Waals surface area contributed by atoms with Gasteiger partial charge in [0.1, 0.15) is 0 Å². The molecule has 0 aliphatic carbocycles. The molecule has 3 N–H and O–H groups in total. The number of imide groups is 1. The van der Waals surface area contributed by atoms with Crippen molar-refractivity contribution in [1.82, 2.24) is 15.5 Å². The number of carbonyl (C=O) groups excluding carboxylic acids is 2. The monoisotopic (exact) mass is 371 g/mol. The molecular weight excluding hydrogens is 342 g/mol. The van der Waals surface area contributed by atoms with E-state index in [1.54, 1.807) is 0 Å². The van der Waals surface area contributed by atoms with Gasteiger partial charge in [-0.1, -0.05) is 12.8 Å². The van der Waals surface area contributed by atoms with Crippen LogP contribution in [0.25, 0.3) is 0 Å². The van der Waals surface area contributed by atoms with E-state index in [0.29, 0.717) is 33.0 Å². The Morgan fingerprint density at radius 2 is 1.50 bits per heavy atom. The van der Waals surface area contributed by atoms with Crippen LogP contribution in [-0.4, -0.2) is 80.5 Å². The Hall–Kier alpha value is -1.97. The summed E-state index contributed by atoms with van der Waals surface area (Å²) >= 11 is 0. The molecule has 9 nitrogen and oxygen atoms in total. The van der Waals surface area contributed by atoms with Crippen LogP contribution in [0.2, 0.25) is 0 Å². The normalized spacial score (nSPS) is 13.6. The minimum atomic E-state index is -1.05.